The minimum absolute atomic E-state index is 0.589. The largest absolute Gasteiger partial charge is 0.375 e. The fraction of sp³-hybridized carbons (Fsp3) is 1.00. The number of ether oxygens (including phenoxy) is 1. The maximum Gasteiger partial charge on any atom is 0.0623 e. The highest BCUT2D eigenvalue weighted by atomic mass is 16.5. The Bertz CT molecular complexity index is 318. The topological polar surface area (TPSA) is 21.3 Å². The van der Waals surface area contributed by atoms with Crippen molar-refractivity contribution in [3.63, 3.8) is 0 Å². The third-order valence-electron chi connectivity index (χ3n) is 6.48. The fourth-order valence-electron chi connectivity index (χ4n) is 5.60. The number of hydrogen-bond donors (Lipinski definition) is 1. The van der Waals surface area contributed by atoms with Crippen molar-refractivity contribution in [3.8, 4) is 0 Å². The maximum absolute atomic E-state index is 6.05. The van der Waals surface area contributed by atoms with E-state index in [4.69, 9.17) is 4.74 Å². The lowest BCUT2D eigenvalue weighted by atomic mass is 9.77. The summed E-state index contributed by atoms with van der Waals surface area (Å²) in [5.74, 6) is 4.01. The van der Waals surface area contributed by atoms with Crippen molar-refractivity contribution < 1.29 is 4.74 Å². The third-order valence-corrected chi connectivity index (χ3v) is 6.48. The standard InChI is InChI=1S/C16H27NO/c1-17-15(14-9-13-4-5-16(14)18-13)8-12-7-10-2-3-11(12)6-10/h10-17H,2-9H2,1H3. The van der Waals surface area contributed by atoms with Gasteiger partial charge in [-0.15, -0.1) is 0 Å². The molecule has 0 spiro atoms. The zero-order chi connectivity index (χ0) is 12.1. The minimum Gasteiger partial charge on any atom is -0.375 e. The second kappa shape index (κ2) is 4.49. The van der Waals surface area contributed by atoms with Crippen molar-refractivity contribution in [3.05, 3.63) is 0 Å². The molecule has 7 atom stereocenters. The molecule has 2 heterocycles. The summed E-state index contributed by atoms with van der Waals surface area (Å²) in [5.41, 5.74) is 0. The number of rotatable bonds is 4. The van der Waals surface area contributed by atoms with Gasteiger partial charge in [-0.3, -0.25) is 0 Å². The van der Waals surface area contributed by atoms with Gasteiger partial charge >= 0.3 is 0 Å². The van der Waals surface area contributed by atoms with Crippen molar-refractivity contribution in [2.75, 3.05) is 7.05 Å². The van der Waals surface area contributed by atoms with Crippen LogP contribution in [0.5, 0.6) is 0 Å². The number of fused-ring (bicyclic) bond motifs is 4. The van der Waals surface area contributed by atoms with Crippen LogP contribution in [-0.4, -0.2) is 25.3 Å². The van der Waals surface area contributed by atoms with Crippen LogP contribution in [0.4, 0.5) is 0 Å². The second-order valence-corrected chi connectivity index (χ2v) is 7.34. The second-order valence-electron chi connectivity index (χ2n) is 7.34. The molecule has 7 unspecified atom stereocenters. The molecule has 1 N–H and O–H groups in total. The predicted octanol–water partition coefficient (Wildman–Crippen LogP) is 2.97. The maximum atomic E-state index is 6.05. The van der Waals surface area contributed by atoms with Gasteiger partial charge in [-0.25, -0.2) is 0 Å². The van der Waals surface area contributed by atoms with Crippen LogP contribution in [0.25, 0.3) is 0 Å². The Kier molecular flexibility index (Phi) is 2.92. The van der Waals surface area contributed by atoms with E-state index in [1.165, 1.54) is 44.9 Å². The Morgan fingerprint density at radius 2 is 2.06 bits per heavy atom. The minimum atomic E-state index is 0.589. The van der Waals surface area contributed by atoms with Gasteiger partial charge in [0, 0.05) is 12.0 Å². The quantitative estimate of drug-likeness (QED) is 0.827. The molecular formula is C16H27NO. The van der Waals surface area contributed by atoms with Gasteiger partial charge < -0.3 is 10.1 Å². The van der Waals surface area contributed by atoms with Crippen LogP contribution < -0.4 is 5.32 Å². The van der Waals surface area contributed by atoms with Crippen molar-refractivity contribution in [2.45, 2.75) is 69.6 Å². The third kappa shape index (κ3) is 1.84. The summed E-state index contributed by atoms with van der Waals surface area (Å²) in [6.45, 7) is 0. The molecule has 4 bridgehead atoms. The molecule has 0 radical (unpaired) electrons. The first-order valence-electron chi connectivity index (χ1n) is 8.16. The molecule has 0 aromatic heterocycles. The first-order chi connectivity index (χ1) is 8.83. The van der Waals surface area contributed by atoms with Crippen LogP contribution in [0.3, 0.4) is 0 Å². The van der Waals surface area contributed by atoms with Crippen molar-refractivity contribution >= 4 is 0 Å². The van der Waals surface area contributed by atoms with Gasteiger partial charge in [-0.1, -0.05) is 6.42 Å². The summed E-state index contributed by atoms with van der Waals surface area (Å²) in [4.78, 5) is 0. The van der Waals surface area contributed by atoms with Gasteiger partial charge in [0.25, 0.3) is 0 Å². The zero-order valence-electron chi connectivity index (χ0n) is 11.6. The van der Waals surface area contributed by atoms with Crippen molar-refractivity contribution in [2.24, 2.45) is 23.7 Å². The fourth-order valence-corrected chi connectivity index (χ4v) is 5.60. The molecule has 0 amide bonds. The molecule has 2 heteroatoms. The monoisotopic (exact) mass is 249 g/mol. The van der Waals surface area contributed by atoms with Crippen LogP contribution >= 0.6 is 0 Å². The molecule has 2 saturated carbocycles. The normalized spacial score (nSPS) is 51.2. The van der Waals surface area contributed by atoms with Gasteiger partial charge in [-0.05, 0) is 69.7 Å². The molecule has 0 aromatic carbocycles. The van der Waals surface area contributed by atoms with Crippen molar-refractivity contribution in [1.29, 1.82) is 0 Å². The number of nitrogens with one attached hydrogen (secondary N) is 1. The van der Waals surface area contributed by atoms with E-state index in [-0.39, 0.29) is 0 Å². The Labute approximate surface area is 111 Å². The lowest BCUT2D eigenvalue weighted by Crippen LogP contribution is -2.40. The molecule has 4 fully saturated rings. The van der Waals surface area contributed by atoms with Crippen LogP contribution in [0.2, 0.25) is 0 Å². The Morgan fingerprint density at radius 1 is 1.11 bits per heavy atom. The molecule has 0 aromatic rings. The lowest BCUT2D eigenvalue weighted by Gasteiger charge is -2.32. The molecule has 2 aliphatic heterocycles. The van der Waals surface area contributed by atoms with E-state index in [1.54, 1.807) is 6.42 Å². The molecule has 18 heavy (non-hydrogen) atoms. The van der Waals surface area contributed by atoms with Crippen molar-refractivity contribution in [1.82, 2.24) is 5.32 Å². The molecule has 102 valence electrons. The smallest absolute Gasteiger partial charge is 0.0623 e. The van der Waals surface area contributed by atoms with Gasteiger partial charge in [0.1, 0.15) is 0 Å². The summed E-state index contributed by atoms with van der Waals surface area (Å²) in [6.07, 6.45) is 12.7. The van der Waals surface area contributed by atoms with Crippen LogP contribution in [0, 0.1) is 23.7 Å². The SMILES string of the molecule is CNC(CC1CC2CCC1C2)C1CC2CCC1O2. The summed E-state index contributed by atoms with van der Waals surface area (Å²) in [5, 5.41) is 3.64. The van der Waals surface area contributed by atoms with Crippen LogP contribution in [0.1, 0.15) is 51.4 Å². The van der Waals surface area contributed by atoms with Gasteiger partial charge in [0.2, 0.25) is 0 Å². The summed E-state index contributed by atoms with van der Waals surface area (Å²) >= 11 is 0. The first-order valence-corrected chi connectivity index (χ1v) is 8.16. The van der Waals surface area contributed by atoms with E-state index in [9.17, 15) is 0 Å². The van der Waals surface area contributed by atoms with E-state index < -0.39 is 0 Å². The van der Waals surface area contributed by atoms with Crippen LogP contribution in [-0.2, 0) is 4.74 Å². The Hall–Kier alpha value is -0.0800. The molecule has 4 aliphatic rings. The van der Waals surface area contributed by atoms with E-state index in [2.05, 4.69) is 12.4 Å². The van der Waals surface area contributed by atoms with Gasteiger partial charge in [-0.2, -0.15) is 0 Å². The van der Waals surface area contributed by atoms with Gasteiger partial charge in [0.15, 0.2) is 0 Å². The lowest BCUT2D eigenvalue weighted by molar-refractivity contribution is 0.0827. The average Bonchev–Trinajstić information content (AvgIpc) is 3.14. The zero-order valence-corrected chi connectivity index (χ0v) is 11.6. The van der Waals surface area contributed by atoms with Gasteiger partial charge in [0.05, 0.1) is 12.2 Å². The Balaban J connectivity index is 1.40. The summed E-state index contributed by atoms with van der Waals surface area (Å²) in [6, 6.07) is 0.727. The molecule has 2 saturated heterocycles. The van der Waals surface area contributed by atoms with E-state index in [1.807, 2.05) is 0 Å². The van der Waals surface area contributed by atoms with E-state index in [0.29, 0.717) is 12.2 Å². The first kappa shape index (κ1) is 11.7. The summed E-state index contributed by atoms with van der Waals surface area (Å²) < 4.78 is 6.05. The highest BCUT2D eigenvalue weighted by Crippen LogP contribution is 2.51. The van der Waals surface area contributed by atoms with E-state index in [0.717, 1.165) is 29.7 Å². The summed E-state index contributed by atoms with van der Waals surface area (Å²) in [7, 11) is 2.17. The molecule has 2 nitrogen and oxygen atoms in total. The molecule has 2 aliphatic carbocycles. The van der Waals surface area contributed by atoms with Crippen LogP contribution in [0.15, 0.2) is 0 Å². The Morgan fingerprint density at radius 3 is 2.61 bits per heavy atom. The predicted molar refractivity (Wildman–Crippen MR) is 72.4 cm³/mol. The highest BCUT2D eigenvalue weighted by Gasteiger charge is 2.46. The number of hydrogen-bond acceptors (Lipinski definition) is 2. The average molecular weight is 249 g/mol. The highest BCUT2D eigenvalue weighted by molar-refractivity contribution is 4.98. The van der Waals surface area contributed by atoms with E-state index >= 15 is 0 Å². The molecule has 4 rings (SSSR count). The molecular weight excluding hydrogens is 222 g/mol.